The van der Waals surface area contributed by atoms with Gasteiger partial charge in [-0.15, -0.1) is 0 Å². The van der Waals surface area contributed by atoms with Crippen LogP contribution in [0.3, 0.4) is 0 Å². The van der Waals surface area contributed by atoms with Gasteiger partial charge in [-0.1, -0.05) is 44.7 Å². The molecule has 2 aliphatic heterocycles. The normalized spacial score (nSPS) is 18.3. The minimum absolute atomic E-state index is 0.00894. The molecule has 2 aliphatic rings. The molecular formula is C20H28ClN3O3. The van der Waals surface area contributed by atoms with Gasteiger partial charge in [0.15, 0.2) is 0 Å². The molecule has 27 heavy (non-hydrogen) atoms. The van der Waals surface area contributed by atoms with E-state index in [-0.39, 0.29) is 24.5 Å². The number of benzene rings is 1. The summed E-state index contributed by atoms with van der Waals surface area (Å²) >= 11 is 6.61. The van der Waals surface area contributed by atoms with E-state index in [0.29, 0.717) is 29.9 Å². The number of halogens is 1. The molecule has 0 aromatic heterocycles. The molecule has 0 aliphatic carbocycles. The Labute approximate surface area is 165 Å². The van der Waals surface area contributed by atoms with Crippen molar-refractivity contribution in [1.82, 2.24) is 10.2 Å². The van der Waals surface area contributed by atoms with Crippen LogP contribution in [-0.4, -0.2) is 41.1 Å². The lowest BCUT2D eigenvalue weighted by Gasteiger charge is -2.30. The lowest BCUT2D eigenvalue weighted by molar-refractivity contribution is -0.122. The summed E-state index contributed by atoms with van der Waals surface area (Å²) in [7, 11) is 0. The summed E-state index contributed by atoms with van der Waals surface area (Å²) in [5.41, 5.74) is 1.69. The molecule has 0 spiro atoms. The van der Waals surface area contributed by atoms with E-state index in [4.69, 9.17) is 21.4 Å². The third kappa shape index (κ3) is 4.38. The van der Waals surface area contributed by atoms with E-state index in [1.165, 1.54) is 0 Å². The Kier molecular flexibility index (Phi) is 6.60. The summed E-state index contributed by atoms with van der Waals surface area (Å²) in [6, 6.07) is 3.52. The Morgan fingerprint density at radius 3 is 2.78 bits per heavy atom. The zero-order chi connectivity index (χ0) is 19.4. The number of carbonyl (C=O) groups excluding carboxylic acids is 1. The number of guanidine groups is 1. The Bertz CT molecular complexity index is 721. The molecular weight excluding hydrogens is 366 g/mol. The first kappa shape index (κ1) is 20.0. The fraction of sp³-hybridized carbons (Fsp3) is 0.600. The monoisotopic (exact) mass is 393 g/mol. The van der Waals surface area contributed by atoms with Crippen LogP contribution in [0.2, 0.25) is 5.02 Å². The average Bonchev–Trinajstić information content (AvgIpc) is 2.96. The third-order valence-electron chi connectivity index (χ3n) is 5.04. The fourth-order valence-electron chi connectivity index (χ4n) is 3.62. The van der Waals surface area contributed by atoms with E-state index < -0.39 is 0 Å². The number of hydrogen-bond acceptors (Lipinski definition) is 5. The van der Waals surface area contributed by atoms with Crippen molar-refractivity contribution in [2.45, 2.75) is 58.5 Å². The van der Waals surface area contributed by atoms with Gasteiger partial charge in [0.05, 0.1) is 23.9 Å². The number of unbranched alkanes of at least 4 members (excludes halogenated alkanes) is 4. The molecule has 6 nitrogen and oxygen atoms in total. The first-order valence-corrected chi connectivity index (χ1v) is 10.1. The number of rotatable bonds is 9. The highest BCUT2D eigenvalue weighted by atomic mass is 35.5. The van der Waals surface area contributed by atoms with Crippen molar-refractivity contribution in [3.05, 3.63) is 22.7 Å². The van der Waals surface area contributed by atoms with Crippen molar-refractivity contribution >= 4 is 29.2 Å². The minimum Gasteiger partial charge on any atom is -0.492 e. The van der Waals surface area contributed by atoms with Crippen LogP contribution < -0.4 is 10.1 Å². The van der Waals surface area contributed by atoms with Gasteiger partial charge < -0.3 is 14.7 Å². The first-order valence-electron chi connectivity index (χ1n) is 9.74. The minimum atomic E-state index is -0.225. The van der Waals surface area contributed by atoms with E-state index in [2.05, 4.69) is 10.3 Å². The fourth-order valence-corrected chi connectivity index (χ4v) is 3.90. The topological polar surface area (TPSA) is 74.2 Å². The molecule has 2 N–H and O–H groups in total. The molecule has 1 aromatic rings. The summed E-state index contributed by atoms with van der Waals surface area (Å²) in [4.78, 5) is 18.8. The van der Waals surface area contributed by atoms with Crippen molar-refractivity contribution in [3.63, 3.8) is 0 Å². The number of carbonyl (C=O) groups is 1. The highest BCUT2D eigenvalue weighted by molar-refractivity contribution is 6.33. The zero-order valence-electron chi connectivity index (χ0n) is 16.0. The van der Waals surface area contributed by atoms with Crippen LogP contribution in [0.15, 0.2) is 17.1 Å². The molecule has 0 saturated carbocycles. The molecule has 1 amide bonds. The van der Waals surface area contributed by atoms with Gasteiger partial charge in [-0.3, -0.25) is 10.1 Å². The van der Waals surface area contributed by atoms with Gasteiger partial charge in [0.1, 0.15) is 11.8 Å². The third-order valence-corrected chi connectivity index (χ3v) is 5.46. The van der Waals surface area contributed by atoms with Gasteiger partial charge >= 0.3 is 0 Å². The van der Waals surface area contributed by atoms with Crippen LogP contribution in [0, 0.1) is 5.92 Å². The van der Waals surface area contributed by atoms with Crippen molar-refractivity contribution < 1.29 is 14.6 Å². The summed E-state index contributed by atoms with van der Waals surface area (Å²) < 4.78 is 5.89. The molecule has 1 atom stereocenters. The number of aliphatic imine (C=N–C) groups is 1. The van der Waals surface area contributed by atoms with Crippen molar-refractivity contribution in [3.8, 4) is 5.75 Å². The molecule has 7 heteroatoms. The maximum absolute atomic E-state index is 12.2. The van der Waals surface area contributed by atoms with Crippen LogP contribution in [0.25, 0.3) is 0 Å². The number of aliphatic hydroxyl groups is 1. The van der Waals surface area contributed by atoms with E-state index in [0.717, 1.165) is 43.4 Å². The van der Waals surface area contributed by atoms with Crippen LogP contribution in [0.5, 0.6) is 5.75 Å². The standard InChI is InChI=1S/C20H28ClN3O3/c1-13(2)18-19(26)23-20-22-15-8-9-16(17(21)14(15)12-24(18)20)27-11-7-5-3-4-6-10-25/h8-9,13,18,25H,3-7,10-12H2,1-2H3,(H,22,23,26). The molecule has 2 heterocycles. The SMILES string of the molecule is CC(C)C1C(=O)NC2=Nc3ccc(OCCCCCCCO)c(Cl)c3CN21. The number of aliphatic hydroxyl groups excluding tert-OH is 1. The molecule has 3 rings (SSSR count). The summed E-state index contributed by atoms with van der Waals surface area (Å²) in [6.45, 7) is 5.49. The summed E-state index contributed by atoms with van der Waals surface area (Å²) in [5.74, 6) is 1.46. The molecule has 0 bridgehead atoms. The molecule has 0 radical (unpaired) electrons. The van der Waals surface area contributed by atoms with E-state index in [1.54, 1.807) is 0 Å². The predicted molar refractivity (Wildman–Crippen MR) is 107 cm³/mol. The maximum atomic E-state index is 12.2. The van der Waals surface area contributed by atoms with Gasteiger partial charge in [0.2, 0.25) is 11.9 Å². The second-order valence-electron chi connectivity index (χ2n) is 7.46. The van der Waals surface area contributed by atoms with E-state index >= 15 is 0 Å². The summed E-state index contributed by atoms with van der Waals surface area (Å²) in [5, 5.41) is 12.2. The summed E-state index contributed by atoms with van der Waals surface area (Å²) in [6.07, 6.45) is 5.06. The van der Waals surface area contributed by atoms with Crippen LogP contribution in [0.1, 0.15) is 51.5 Å². The zero-order valence-corrected chi connectivity index (χ0v) is 16.8. The molecule has 148 valence electrons. The number of nitrogens with zero attached hydrogens (tertiary/aromatic N) is 2. The Hall–Kier alpha value is -1.79. The van der Waals surface area contributed by atoms with E-state index in [1.807, 2.05) is 30.9 Å². The lowest BCUT2D eigenvalue weighted by Crippen LogP contribution is -2.40. The highest BCUT2D eigenvalue weighted by Crippen LogP contribution is 2.40. The first-order chi connectivity index (χ1) is 13.0. The molecule has 1 saturated heterocycles. The second-order valence-corrected chi connectivity index (χ2v) is 7.83. The lowest BCUT2D eigenvalue weighted by atomic mass is 10.0. The van der Waals surface area contributed by atoms with Crippen LogP contribution in [0.4, 0.5) is 5.69 Å². The van der Waals surface area contributed by atoms with Gasteiger partial charge in [0.25, 0.3) is 0 Å². The van der Waals surface area contributed by atoms with Crippen LogP contribution in [-0.2, 0) is 11.3 Å². The Morgan fingerprint density at radius 2 is 2.04 bits per heavy atom. The highest BCUT2D eigenvalue weighted by Gasteiger charge is 2.41. The number of fused-ring (bicyclic) bond motifs is 2. The Morgan fingerprint density at radius 1 is 1.30 bits per heavy atom. The smallest absolute Gasteiger partial charge is 0.249 e. The predicted octanol–water partition coefficient (Wildman–Crippen LogP) is 3.62. The quantitative estimate of drug-likeness (QED) is 0.628. The number of nitrogens with one attached hydrogen (secondary N) is 1. The second kappa shape index (κ2) is 8.93. The Balaban J connectivity index is 1.64. The van der Waals surface area contributed by atoms with Crippen molar-refractivity contribution in [2.75, 3.05) is 13.2 Å². The largest absolute Gasteiger partial charge is 0.492 e. The molecule has 1 fully saturated rings. The van der Waals surface area contributed by atoms with Gasteiger partial charge in [-0.25, -0.2) is 4.99 Å². The van der Waals surface area contributed by atoms with Crippen molar-refractivity contribution in [1.29, 1.82) is 0 Å². The number of amides is 1. The van der Waals surface area contributed by atoms with Gasteiger partial charge in [-0.05, 0) is 30.9 Å². The van der Waals surface area contributed by atoms with Crippen LogP contribution >= 0.6 is 11.6 Å². The number of hydrogen-bond donors (Lipinski definition) is 2. The maximum Gasteiger partial charge on any atom is 0.249 e. The number of ether oxygens (including phenoxy) is 1. The van der Waals surface area contributed by atoms with E-state index in [9.17, 15) is 4.79 Å². The molecule has 1 aromatic carbocycles. The van der Waals surface area contributed by atoms with Gasteiger partial charge in [0, 0.05) is 12.2 Å². The van der Waals surface area contributed by atoms with Crippen molar-refractivity contribution in [2.24, 2.45) is 10.9 Å². The average molecular weight is 394 g/mol. The van der Waals surface area contributed by atoms with Gasteiger partial charge in [-0.2, -0.15) is 0 Å². The molecule has 1 unspecified atom stereocenters.